The number of amides is 1. The maximum Gasteiger partial charge on any atom is 0.306 e. The summed E-state index contributed by atoms with van der Waals surface area (Å²) < 4.78 is 30.1. The third-order valence-electron chi connectivity index (χ3n) is 11.7. The van der Waals surface area contributed by atoms with Crippen molar-refractivity contribution in [3.05, 3.63) is 72.9 Å². The molecule has 67 heavy (non-hydrogen) atoms. The van der Waals surface area contributed by atoms with Crippen molar-refractivity contribution < 1.29 is 37.3 Å². The summed E-state index contributed by atoms with van der Waals surface area (Å²) in [6.45, 7) is 6.67. The largest absolute Gasteiger partial charge is 0.756 e. The zero-order chi connectivity index (χ0) is 49.4. The van der Waals surface area contributed by atoms with Gasteiger partial charge < -0.3 is 28.5 Å². The number of phosphoric ester groups is 1. The normalized spacial score (nSPS) is 14.4. The predicted octanol–water partition coefficient (Wildman–Crippen LogP) is 15.5. The highest BCUT2D eigenvalue weighted by molar-refractivity contribution is 7.45. The molecular weight excluding hydrogens is 856 g/mol. The summed E-state index contributed by atoms with van der Waals surface area (Å²) in [6, 6.07) is -0.909. The molecule has 1 N–H and O–H groups in total. The third kappa shape index (κ3) is 48.3. The Morgan fingerprint density at radius 2 is 0.970 bits per heavy atom. The number of nitrogens with one attached hydrogen (secondary N) is 1. The number of hydrogen-bond acceptors (Lipinski definition) is 7. The molecule has 0 aliphatic heterocycles. The van der Waals surface area contributed by atoms with Crippen molar-refractivity contribution in [2.24, 2.45) is 0 Å². The molecule has 0 bridgehead atoms. The van der Waals surface area contributed by atoms with Gasteiger partial charge in [-0.05, 0) is 70.3 Å². The second-order valence-corrected chi connectivity index (χ2v) is 20.8. The Hall–Kier alpha value is -2.55. The molecule has 3 unspecified atom stereocenters. The van der Waals surface area contributed by atoms with Gasteiger partial charge >= 0.3 is 5.97 Å². The fourth-order valence-corrected chi connectivity index (χ4v) is 8.16. The molecule has 0 saturated carbocycles. The molecule has 1 amide bonds. The van der Waals surface area contributed by atoms with E-state index in [9.17, 15) is 19.0 Å². The number of allylic oxidation sites excluding steroid dienone is 11. The van der Waals surface area contributed by atoms with Crippen LogP contribution in [0.4, 0.5) is 0 Å². The smallest absolute Gasteiger partial charge is 0.306 e. The van der Waals surface area contributed by atoms with E-state index in [-0.39, 0.29) is 18.9 Å². The fraction of sp³-hybridized carbons (Fsp3) is 0.754. The molecule has 0 aromatic heterocycles. The summed E-state index contributed by atoms with van der Waals surface area (Å²) in [7, 11) is 1.15. The van der Waals surface area contributed by atoms with Gasteiger partial charge in [0, 0.05) is 12.8 Å². The van der Waals surface area contributed by atoms with Crippen LogP contribution in [-0.2, 0) is 27.9 Å². The summed E-state index contributed by atoms with van der Waals surface area (Å²) in [6.07, 6.45) is 58.7. The van der Waals surface area contributed by atoms with E-state index in [1.165, 1.54) is 109 Å². The maximum atomic E-state index is 13.4. The van der Waals surface area contributed by atoms with Crippen molar-refractivity contribution in [2.75, 3.05) is 40.9 Å². The van der Waals surface area contributed by atoms with Gasteiger partial charge in [-0.15, -0.1) is 0 Å². The second-order valence-electron chi connectivity index (χ2n) is 19.4. The molecule has 388 valence electrons. The lowest BCUT2D eigenvalue weighted by molar-refractivity contribution is -0.870. The number of hydrogen-bond donors (Lipinski definition) is 1. The van der Waals surface area contributed by atoms with Crippen LogP contribution in [0.2, 0.25) is 0 Å². The van der Waals surface area contributed by atoms with Gasteiger partial charge in [-0.2, -0.15) is 0 Å². The van der Waals surface area contributed by atoms with Gasteiger partial charge in [-0.1, -0.05) is 216 Å². The number of phosphoric acid groups is 1. The lowest BCUT2D eigenvalue weighted by Gasteiger charge is -2.30. The molecule has 0 rings (SSSR count). The van der Waals surface area contributed by atoms with Crippen LogP contribution < -0.4 is 10.2 Å². The highest BCUT2D eigenvalue weighted by Gasteiger charge is 2.27. The lowest BCUT2D eigenvalue weighted by atomic mass is 10.0. The van der Waals surface area contributed by atoms with Gasteiger partial charge in [0.15, 0.2) is 0 Å². The Bertz CT molecular complexity index is 1380. The molecule has 0 aromatic rings. The van der Waals surface area contributed by atoms with Crippen molar-refractivity contribution >= 4 is 19.7 Å². The van der Waals surface area contributed by atoms with Gasteiger partial charge in [-0.3, -0.25) is 14.2 Å². The molecule has 9 nitrogen and oxygen atoms in total. The van der Waals surface area contributed by atoms with Crippen molar-refractivity contribution in [3.63, 3.8) is 0 Å². The highest BCUT2D eigenvalue weighted by atomic mass is 31.2. The summed E-state index contributed by atoms with van der Waals surface area (Å²) >= 11 is 0. The number of unbranched alkanes of at least 4 members (excludes halogenated alkanes) is 22. The maximum absolute atomic E-state index is 13.4. The van der Waals surface area contributed by atoms with E-state index >= 15 is 0 Å². The quantitative estimate of drug-likeness (QED) is 0.0212. The standard InChI is InChI=1S/C57H103N2O7P/c1-7-10-13-16-19-22-25-27-28-29-30-32-35-38-41-44-47-50-57(61)66-55(48-45-42-39-36-33-24-21-18-15-12-9-3)54(53-65-67(62,63)64-52-51-59(4,5)6)58-56(60)49-46-43-40-37-34-31-26-23-20-17-14-11-8-2/h10,13,19,22,27-28,30,32,38,41,45,48,54-55H,7-9,11-12,14-18,20-21,23-26,29,31,33-37,39-40,42-44,46-47,49-53H2,1-6H3,(H-,58,60,62,63)/b13-10-,22-19-,28-27-,32-30-,41-38-,48-45+. The van der Waals surface area contributed by atoms with E-state index in [0.29, 0.717) is 23.9 Å². The number of likely N-dealkylation sites (N-methyl/N-ethyl adjacent to an activating group) is 1. The Labute approximate surface area is 413 Å². The number of esters is 1. The molecule has 0 aromatic carbocycles. The molecule has 0 aliphatic carbocycles. The van der Waals surface area contributed by atoms with Gasteiger partial charge in [0.1, 0.15) is 19.3 Å². The first-order valence-corrected chi connectivity index (χ1v) is 28.7. The van der Waals surface area contributed by atoms with Gasteiger partial charge in [0.05, 0.1) is 33.8 Å². The van der Waals surface area contributed by atoms with Crippen LogP contribution in [0.1, 0.15) is 226 Å². The minimum Gasteiger partial charge on any atom is -0.756 e. The summed E-state index contributed by atoms with van der Waals surface area (Å²) in [5, 5.41) is 3.00. The Morgan fingerprint density at radius 3 is 1.45 bits per heavy atom. The molecule has 3 atom stereocenters. The van der Waals surface area contributed by atoms with Crippen LogP contribution >= 0.6 is 7.82 Å². The van der Waals surface area contributed by atoms with Crippen LogP contribution in [0.3, 0.4) is 0 Å². The highest BCUT2D eigenvalue weighted by Crippen LogP contribution is 2.38. The van der Waals surface area contributed by atoms with Crippen LogP contribution in [-0.4, -0.2) is 69.4 Å². The second kappa shape index (κ2) is 47.1. The minimum absolute atomic E-state index is 0.0324. The van der Waals surface area contributed by atoms with E-state index in [4.69, 9.17) is 13.8 Å². The first-order chi connectivity index (χ1) is 32.4. The average Bonchev–Trinajstić information content (AvgIpc) is 3.28. The number of carbonyl (C=O) groups excluding carboxylic acids is 2. The average molecular weight is 959 g/mol. The van der Waals surface area contributed by atoms with E-state index < -0.39 is 32.5 Å². The van der Waals surface area contributed by atoms with Gasteiger partial charge in [-0.25, -0.2) is 0 Å². The van der Waals surface area contributed by atoms with Crippen molar-refractivity contribution in [3.8, 4) is 0 Å². The van der Waals surface area contributed by atoms with E-state index in [2.05, 4.69) is 86.8 Å². The topological polar surface area (TPSA) is 114 Å². The zero-order valence-electron chi connectivity index (χ0n) is 44.1. The minimum atomic E-state index is -4.70. The SMILES string of the molecule is CC/C=C\C/C=C\C/C=C\C/C=C\C/C=C\CCCC(=O)OC(/C=C/CCCCCCCCCCC)C(COP(=O)([O-])OCC[N+](C)(C)C)NC(=O)CCCCCCCCCCCCCCC. The fourth-order valence-electron chi connectivity index (χ4n) is 7.44. The number of ether oxygens (including phenoxy) is 1. The number of nitrogens with zero attached hydrogens (tertiary/aromatic N) is 1. The molecular formula is C57H103N2O7P. The van der Waals surface area contributed by atoms with Crippen molar-refractivity contribution in [2.45, 2.75) is 238 Å². The molecule has 0 radical (unpaired) electrons. The predicted molar refractivity (Wildman–Crippen MR) is 284 cm³/mol. The number of quaternary nitrogens is 1. The first kappa shape index (κ1) is 64.5. The molecule has 0 spiro atoms. The summed E-state index contributed by atoms with van der Waals surface area (Å²) in [5.41, 5.74) is 0. The van der Waals surface area contributed by atoms with E-state index in [0.717, 1.165) is 77.0 Å². The van der Waals surface area contributed by atoms with Crippen LogP contribution in [0.5, 0.6) is 0 Å². The van der Waals surface area contributed by atoms with Crippen LogP contribution in [0.25, 0.3) is 0 Å². The zero-order valence-corrected chi connectivity index (χ0v) is 45.0. The molecule has 0 aliphatic rings. The van der Waals surface area contributed by atoms with Crippen LogP contribution in [0.15, 0.2) is 72.9 Å². The van der Waals surface area contributed by atoms with Crippen molar-refractivity contribution in [1.29, 1.82) is 0 Å². The number of carbonyl (C=O) groups is 2. The Balaban J connectivity index is 5.46. The van der Waals surface area contributed by atoms with Crippen LogP contribution in [0, 0.1) is 0 Å². The van der Waals surface area contributed by atoms with Gasteiger partial charge in [0.2, 0.25) is 5.91 Å². The molecule has 10 heteroatoms. The lowest BCUT2D eigenvalue weighted by Crippen LogP contribution is -2.47. The first-order valence-electron chi connectivity index (χ1n) is 27.2. The molecule has 0 heterocycles. The van der Waals surface area contributed by atoms with Crippen molar-refractivity contribution in [1.82, 2.24) is 5.32 Å². The third-order valence-corrected chi connectivity index (χ3v) is 12.6. The molecule has 0 fully saturated rings. The number of rotatable bonds is 48. The monoisotopic (exact) mass is 959 g/mol. The van der Waals surface area contributed by atoms with Gasteiger partial charge in [0.25, 0.3) is 7.82 Å². The summed E-state index contributed by atoms with van der Waals surface area (Å²) in [5.74, 6) is -0.611. The Kier molecular flexibility index (Phi) is 45.3. The summed E-state index contributed by atoms with van der Waals surface area (Å²) in [4.78, 5) is 39.7. The van der Waals surface area contributed by atoms with E-state index in [1.54, 1.807) is 6.08 Å². The molecule has 0 saturated heterocycles. The Morgan fingerprint density at radius 1 is 0.537 bits per heavy atom. The van der Waals surface area contributed by atoms with E-state index in [1.807, 2.05) is 27.2 Å².